The molecule has 0 amide bonds. The zero-order valence-corrected chi connectivity index (χ0v) is 55.4. The van der Waals surface area contributed by atoms with Crippen molar-refractivity contribution in [2.75, 3.05) is 55.9 Å². The lowest BCUT2D eigenvalue weighted by molar-refractivity contribution is 0.0394. The number of ether oxygens (including phenoxy) is 6. The van der Waals surface area contributed by atoms with Gasteiger partial charge in [0.1, 0.15) is 0 Å². The van der Waals surface area contributed by atoms with Crippen molar-refractivity contribution in [2.24, 2.45) is 0 Å². The Hall–Kier alpha value is -2.75. The van der Waals surface area contributed by atoms with Crippen molar-refractivity contribution in [3.63, 3.8) is 0 Å². The topological polar surface area (TPSA) is 55.4 Å². The van der Waals surface area contributed by atoms with Crippen LogP contribution in [-0.4, -0.2) is 119 Å². The molecule has 0 spiro atoms. The Morgan fingerprint density at radius 1 is 0.303 bits per heavy atom. The van der Waals surface area contributed by atoms with Crippen molar-refractivity contribution < 1.29 is 28.4 Å². The highest BCUT2D eigenvalue weighted by molar-refractivity contribution is 6.08. The van der Waals surface area contributed by atoms with Gasteiger partial charge in [0.05, 0.1) is 22.4 Å². The average Bonchev–Trinajstić information content (AvgIpc) is 3.33. The van der Waals surface area contributed by atoms with Crippen LogP contribution in [0, 0.1) is 0 Å². The predicted octanol–water partition coefficient (Wildman–Crippen LogP) is 11.5. The fourth-order valence-corrected chi connectivity index (χ4v) is 3.81. The minimum Gasteiger partial charge on any atom is -0.385 e. The monoisotopic (exact) mass is 987 g/mol. The molecule has 10 heteroatoms. The SMILES string of the molecule is COC(C)(C)C.COC(C)(C)C.COC(C)(C)C.COC(C)(C)C.COCCC[SiH3].COCCC[SiH3].C[SiH3].C[SiH3].c1ccc2ccccc2c1.c1ccc2ccccc2c1.c1ccccc1. The lowest BCUT2D eigenvalue weighted by Gasteiger charge is -2.14. The van der Waals surface area contributed by atoms with Crippen LogP contribution in [-0.2, 0) is 28.4 Å². The minimum atomic E-state index is 0.0417. The van der Waals surface area contributed by atoms with E-state index in [0.29, 0.717) is 0 Å². The molecular weight excluding hydrogens is 881 g/mol. The molecule has 0 aromatic heterocycles. The highest BCUT2D eigenvalue weighted by atomic mass is 28.2. The first-order chi connectivity index (χ1) is 31.0. The van der Waals surface area contributed by atoms with Crippen LogP contribution in [0.5, 0.6) is 0 Å². The third-order valence-corrected chi connectivity index (χ3v) is 9.25. The minimum absolute atomic E-state index is 0.0417. The smallest absolute Gasteiger partial charge is 0.0594 e. The lowest BCUT2D eigenvalue weighted by Crippen LogP contribution is -2.15. The molecule has 0 unspecified atom stereocenters. The van der Waals surface area contributed by atoms with Gasteiger partial charge < -0.3 is 28.4 Å². The second kappa shape index (κ2) is 51.6. The molecular formula is C56H106O6Si4. The Morgan fingerprint density at radius 3 is 0.515 bits per heavy atom. The summed E-state index contributed by atoms with van der Waals surface area (Å²) in [4.78, 5) is 0. The summed E-state index contributed by atoms with van der Waals surface area (Å²) < 4.78 is 29.4. The van der Waals surface area contributed by atoms with E-state index < -0.39 is 0 Å². The Morgan fingerprint density at radius 2 is 0.439 bits per heavy atom. The first-order valence-electron chi connectivity index (χ1n) is 24.1. The summed E-state index contributed by atoms with van der Waals surface area (Å²) in [7, 11) is 15.6. The molecule has 5 rings (SSSR count). The first-order valence-corrected chi connectivity index (χ1v) is 30.9. The van der Waals surface area contributed by atoms with E-state index in [1.54, 1.807) is 42.7 Å². The van der Waals surface area contributed by atoms with E-state index in [1.165, 1.54) is 87.4 Å². The molecule has 66 heavy (non-hydrogen) atoms. The molecule has 0 fully saturated rings. The molecule has 0 aliphatic carbocycles. The number of rotatable bonds is 6. The quantitative estimate of drug-likeness (QED) is 0.125. The Balaban J connectivity index is -0.000000154. The van der Waals surface area contributed by atoms with Crippen molar-refractivity contribution in [2.45, 2.75) is 144 Å². The second-order valence-electron chi connectivity index (χ2n) is 17.8. The molecule has 0 radical (unpaired) electrons. The molecule has 5 aromatic rings. The van der Waals surface area contributed by atoms with Crippen LogP contribution in [0.3, 0.4) is 0 Å². The van der Waals surface area contributed by atoms with Gasteiger partial charge in [-0.3, -0.25) is 0 Å². The summed E-state index contributed by atoms with van der Waals surface area (Å²) in [5, 5.41) is 5.24. The van der Waals surface area contributed by atoms with Gasteiger partial charge >= 0.3 is 0 Å². The van der Waals surface area contributed by atoms with Crippen LogP contribution in [0.15, 0.2) is 133 Å². The molecule has 0 aliphatic heterocycles. The van der Waals surface area contributed by atoms with Gasteiger partial charge in [0, 0.05) is 76.4 Å². The molecule has 5 aromatic carbocycles. The number of fused-ring (bicyclic) bond motifs is 2. The average molecular weight is 988 g/mol. The largest absolute Gasteiger partial charge is 0.385 e. The van der Waals surface area contributed by atoms with Crippen LogP contribution in [0.25, 0.3) is 21.5 Å². The van der Waals surface area contributed by atoms with Gasteiger partial charge in [-0.15, -0.1) is 0 Å². The van der Waals surface area contributed by atoms with E-state index >= 15 is 0 Å². The fourth-order valence-electron chi connectivity index (χ4n) is 3.23. The van der Waals surface area contributed by atoms with Gasteiger partial charge in [-0.25, -0.2) is 0 Å². The van der Waals surface area contributed by atoms with E-state index in [-0.39, 0.29) is 22.4 Å². The van der Waals surface area contributed by atoms with Gasteiger partial charge in [0.15, 0.2) is 0 Å². The van der Waals surface area contributed by atoms with Crippen molar-refractivity contribution in [3.8, 4) is 0 Å². The van der Waals surface area contributed by atoms with Crippen molar-refractivity contribution in [1.29, 1.82) is 0 Å². The third-order valence-electron chi connectivity index (χ3n) is 7.84. The molecule has 0 N–H and O–H groups in total. The standard InChI is InChI=1S/2C10H8.C6H6.4C5H12O.2C4H12OSi.2CH6Si/c2*1-2-6-10-8-4-3-7-9(10)5-1;1-2-4-6-5-3-1;4*1-5(2,3)6-4;2*1-5-3-2-4-6;2*1-2/h2*1-8H;1-6H;4*1-4H3;2*2-4H2,1,6H3;2*1-2H3. The highest BCUT2D eigenvalue weighted by Gasteiger charge is 2.05. The van der Waals surface area contributed by atoms with E-state index in [9.17, 15) is 0 Å². The Kier molecular flexibility index (Phi) is 58.5. The maximum Gasteiger partial charge on any atom is 0.0594 e. The van der Waals surface area contributed by atoms with Gasteiger partial charge in [-0.05, 0) is 138 Å². The summed E-state index contributed by atoms with van der Waals surface area (Å²) in [6.07, 6.45) is 2.51. The van der Waals surface area contributed by atoms with Crippen LogP contribution in [0.1, 0.15) is 95.9 Å². The molecule has 0 saturated heterocycles. The van der Waals surface area contributed by atoms with E-state index in [2.05, 4.69) is 110 Å². The van der Waals surface area contributed by atoms with E-state index in [4.69, 9.17) is 28.4 Å². The summed E-state index contributed by atoms with van der Waals surface area (Å²) in [5.41, 5.74) is 0.167. The maximum atomic E-state index is 4.94. The Bertz CT molecular complexity index is 1330. The summed E-state index contributed by atoms with van der Waals surface area (Å²) in [5.74, 6) is 0. The van der Waals surface area contributed by atoms with Gasteiger partial charge in [0.2, 0.25) is 0 Å². The number of methoxy groups -OCH3 is 6. The van der Waals surface area contributed by atoms with Gasteiger partial charge in [-0.2, -0.15) is 0 Å². The molecule has 6 nitrogen and oxygen atoms in total. The maximum absolute atomic E-state index is 4.94. The highest BCUT2D eigenvalue weighted by Crippen LogP contribution is 2.12. The fraction of sp³-hybridized carbons (Fsp3) is 0.536. The van der Waals surface area contributed by atoms with Crippen LogP contribution in [0.4, 0.5) is 0 Å². The molecule has 0 bridgehead atoms. The van der Waals surface area contributed by atoms with E-state index in [1.807, 2.05) is 119 Å². The first kappa shape index (κ1) is 74.8. The van der Waals surface area contributed by atoms with Crippen LogP contribution >= 0.6 is 0 Å². The van der Waals surface area contributed by atoms with Crippen molar-refractivity contribution in [1.82, 2.24) is 0 Å². The number of hydrogen-bond acceptors (Lipinski definition) is 6. The summed E-state index contributed by atoms with van der Waals surface area (Å²) in [6.45, 7) is 30.4. The lowest BCUT2D eigenvalue weighted by atomic mass is 10.1. The normalized spacial score (nSPS) is 10.1. The van der Waals surface area contributed by atoms with Crippen LogP contribution < -0.4 is 0 Å². The molecule has 382 valence electrons. The summed E-state index contributed by atoms with van der Waals surface area (Å²) in [6, 6.07) is 48.2. The number of benzene rings is 5. The Labute approximate surface area is 421 Å². The molecule has 0 atom stereocenters. The van der Waals surface area contributed by atoms with Crippen LogP contribution in [0.2, 0.25) is 25.2 Å². The van der Waals surface area contributed by atoms with Gasteiger partial charge in [0.25, 0.3) is 0 Å². The number of hydrogen-bond donors (Lipinski definition) is 0. The molecule has 0 aliphatic rings. The predicted molar refractivity (Wildman–Crippen MR) is 315 cm³/mol. The zero-order chi connectivity index (χ0) is 52.4. The van der Waals surface area contributed by atoms with Crippen molar-refractivity contribution >= 4 is 62.5 Å². The third kappa shape index (κ3) is 67.8. The van der Waals surface area contributed by atoms with Gasteiger partial charge in [-0.1, -0.05) is 159 Å². The van der Waals surface area contributed by atoms with E-state index in [0.717, 1.165) is 13.2 Å². The zero-order valence-electron chi connectivity index (χ0n) is 47.4. The molecule has 0 saturated carbocycles. The van der Waals surface area contributed by atoms with Crippen molar-refractivity contribution in [3.05, 3.63) is 133 Å². The summed E-state index contributed by atoms with van der Waals surface area (Å²) >= 11 is 0. The molecule has 0 heterocycles. The second-order valence-corrected chi connectivity index (χ2v) is 19.8.